The highest BCUT2D eigenvalue weighted by atomic mass is 19.1. The van der Waals surface area contributed by atoms with Crippen molar-refractivity contribution >= 4 is 5.69 Å². The van der Waals surface area contributed by atoms with Gasteiger partial charge in [0.1, 0.15) is 12.1 Å². The minimum atomic E-state index is -0.135. The Hall–Kier alpha value is -2.02. The van der Waals surface area contributed by atoms with Crippen LogP contribution in [0.4, 0.5) is 10.1 Å². The number of rotatable bonds is 5. The van der Waals surface area contributed by atoms with Crippen molar-refractivity contribution in [3.8, 4) is 0 Å². The van der Waals surface area contributed by atoms with Gasteiger partial charge in [-0.15, -0.1) is 5.10 Å². The largest absolute Gasteiger partial charge is 0.367 e. The van der Waals surface area contributed by atoms with Crippen LogP contribution in [-0.4, -0.2) is 57.8 Å². The average Bonchev–Trinajstić information content (AvgIpc) is 3.02. The van der Waals surface area contributed by atoms with E-state index in [1.807, 2.05) is 12.1 Å². The normalized spacial score (nSPS) is 16.3. The predicted molar refractivity (Wildman–Crippen MR) is 77.5 cm³/mol. The number of hydrogen-bond donors (Lipinski definition) is 0. The summed E-state index contributed by atoms with van der Waals surface area (Å²) >= 11 is 0. The molecule has 0 amide bonds. The van der Waals surface area contributed by atoms with Crippen LogP contribution in [0.15, 0.2) is 30.6 Å². The van der Waals surface area contributed by atoms with E-state index in [-0.39, 0.29) is 5.82 Å². The lowest BCUT2D eigenvalue weighted by atomic mass is 10.2. The number of halogens is 1. The average molecular weight is 290 g/mol. The molecule has 1 aromatic carbocycles. The van der Waals surface area contributed by atoms with Gasteiger partial charge in [0.2, 0.25) is 0 Å². The first kappa shape index (κ1) is 13.9. The number of anilines is 1. The first-order valence-electron chi connectivity index (χ1n) is 7.25. The molecule has 1 aliphatic rings. The van der Waals surface area contributed by atoms with E-state index in [0.717, 1.165) is 45.7 Å². The molecule has 21 heavy (non-hydrogen) atoms. The quantitative estimate of drug-likeness (QED) is 0.823. The van der Waals surface area contributed by atoms with Crippen molar-refractivity contribution < 1.29 is 4.39 Å². The van der Waals surface area contributed by atoms with Crippen molar-refractivity contribution in [1.29, 1.82) is 0 Å². The molecule has 1 fully saturated rings. The third-order valence-electron chi connectivity index (χ3n) is 3.82. The van der Waals surface area contributed by atoms with E-state index in [2.05, 4.69) is 25.3 Å². The fourth-order valence-electron chi connectivity index (χ4n) is 2.66. The lowest BCUT2D eigenvalue weighted by Gasteiger charge is -2.36. The Labute approximate surface area is 123 Å². The highest BCUT2D eigenvalue weighted by molar-refractivity contribution is 5.47. The van der Waals surface area contributed by atoms with Gasteiger partial charge >= 0.3 is 0 Å². The number of para-hydroxylation sites is 1. The summed E-state index contributed by atoms with van der Waals surface area (Å²) in [5, 5.41) is 11.1. The fourth-order valence-corrected chi connectivity index (χ4v) is 2.66. The van der Waals surface area contributed by atoms with Crippen LogP contribution in [0.25, 0.3) is 0 Å². The van der Waals surface area contributed by atoms with Gasteiger partial charge in [-0.3, -0.25) is 4.90 Å². The van der Waals surface area contributed by atoms with Crippen molar-refractivity contribution in [2.45, 2.75) is 13.0 Å². The molecule has 0 atom stereocenters. The number of benzene rings is 1. The zero-order valence-electron chi connectivity index (χ0n) is 11.9. The van der Waals surface area contributed by atoms with Crippen LogP contribution < -0.4 is 4.90 Å². The molecule has 0 spiro atoms. The molecule has 2 aromatic rings. The number of piperazine rings is 1. The molecule has 1 aromatic heterocycles. The van der Waals surface area contributed by atoms with Crippen molar-refractivity contribution in [2.24, 2.45) is 0 Å². The number of nitrogens with zero attached hydrogens (tertiary/aromatic N) is 6. The Morgan fingerprint density at radius 1 is 1.05 bits per heavy atom. The molecule has 1 aliphatic heterocycles. The monoisotopic (exact) mass is 290 g/mol. The molecule has 0 radical (unpaired) electrons. The molecule has 6 nitrogen and oxygen atoms in total. The number of tetrazole rings is 1. The van der Waals surface area contributed by atoms with Crippen LogP contribution in [0.5, 0.6) is 0 Å². The van der Waals surface area contributed by atoms with Gasteiger partial charge < -0.3 is 4.90 Å². The van der Waals surface area contributed by atoms with Gasteiger partial charge in [-0.25, -0.2) is 9.07 Å². The zero-order chi connectivity index (χ0) is 14.5. The molecule has 0 bridgehead atoms. The molecule has 0 saturated carbocycles. The van der Waals surface area contributed by atoms with E-state index in [4.69, 9.17) is 0 Å². The van der Waals surface area contributed by atoms with Gasteiger partial charge in [0.25, 0.3) is 0 Å². The van der Waals surface area contributed by atoms with Crippen LogP contribution in [0, 0.1) is 5.82 Å². The molecule has 7 heteroatoms. The van der Waals surface area contributed by atoms with Crippen molar-refractivity contribution in [3.63, 3.8) is 0 Å². The maximum Gasteiger partial charge on any atom is 0.146 e. The summed E-state index contributed by atoms with van der Waals surface area (Å²) in [6, 6.07) is 6.99. The maximum absolute atomic E-state index is 13.8. The number of aryl methyl sites for hydroxylation is 1. The van der Waals surface area contributed by atoms with Crippen LogP contribution in [0.2, 0.25) is 0 Å². The molecule has 1 saturated heterocycles. The Balaban J connectivity index is 1.44. The van der Waals surface area contributed by atoms with Gasteiger partial charge in [0.05, 0.1) is 5.69 Å². The van der Waals surface area contributed by atoms with Gasteiger partial charge in [-0.1, -0.05) is 12.1 Å². The summed E-state index contributed by atoms with van der Waals surface area (Å²) in [5.74, 6) is -0.135. The van der Waals surface area contributed by atoms with Crippen LogP contribution in [0.1, 0.15) is 6.42 Å². The maximum atomic E-state index is 13.8. The topological polar surface area (TPSA) is 50.1 Å². The van der Waals surface area contributed by atoms with E-state index in [0.29, 0.717) is 5.69 Å². The molecule has 0 aliphatic carbocycles. The van der Waals surface area contributed by atoms with Crippen molar-refractivity contribution in [2.75, 3.05) is 37.6 Å². The van der Waals surface area contributed by atoms with E-state index < -0.39 is 0 Å². The summed E-state index contributed by atoms with van der Waals surface area (Å²) in [6.45, 7) is 5.51. The summed E-state index contributed by atoms with van der Waals surface area (Å²) in [7, 11) is 0. The SMILES string of the molecule is Fc1ccccc1N1CCN(CCCn2cnnn2)CC1. The van der Waals surface area contributed by atoms with E-state index in [1.54, 1.807) is 17.1 Å². The predicted octanol–water partition coefficient (Wildman–Crippen LogP) is 1.02. The molecular formula is C14H19FN6. The summed E-state index contributed by atoms with van der Waals surface area (Å²) < 4.78 is 15.5. The summed E-state index contributed by atoms with van der Waals surface area (Å²) in [4.78, 5) is 4.52. The Morgan fingerprint density at radius 3 is 2.57 bits per heavy atom. The van der Waals surface area contributed by atoms with Crippen LogP contribution in [0.3, 0.4) is 0 Å². The number of hydrogen-bond acceptors (Lipinski definition) is 5. The second-order valence-corrected chi connectivity index (χ2v) is 5.21. The standard InChI is InChI=1S/C14H19FN6/c15-13-4-1-2-5-14(13)20-10-8-19(9-11-20)6-3-7-21-12-16-17-18-21/h1-2,4-5,12H,3,6-11H2. The first-order valence-corrected chi connectivity index (χ1v) is 7.25. The minimum Gasteiger partial charge on any atom is -0.367 e. The second kappa shape index (κ2) is 6.62. The van der Waals surface area contributed by atoms with E-state index >= 15 is 0 Å². The van der Waals surface area contributed by atoms with E-state index in [9.17, 15) is 4.39 Å². The molecular weight excluding hydrogens is 271 g/mol. The van der Waals surface area contributed by atoms with Gasteiger partial charge in [-0.2, -0.15) is 0 Å². The lowest BCUT2D eigenvalue weighted by Crippen LogP contribution is -2.47. The second-order valence-electron chi connectivity index (χ2n) is 5.21. The molecule has 2 heterocycles. The van der Waals surface area contributed by atoms with E-state index in [1.165, 1.54) is 6.07 Å². The van der Waals surface area contributed by atoms with Gasteiger partial charge in [-0.05, 0) is 29.0 Å². The van der Waals surface area contributed by atoms with Gasteiger partial charge in [0.15, 0.2) is 0 Å². The summed E-state index contributed by atoms with van der Waals surface area (Å²) in [6.07, 6.45) is 2.65. The fraction of sp³-hybridized carbons (Fsp3) is 0.500. The Kier molecular flexibility index (Phi) is 4.40. The molecule has 112 valence electrons. The summed E-state index contributed by atoms with van der Waals surface area (Å²) in [5.41, 5.74) is 0.714. The molecule has 0 N–H and O–H groups in total. The van der Waals surface area contributed by atoms with Crippen molar-refractivity contribution in [3.05, 3.63) is 36.4 Å². The zero-order valence-corrected chi connectivity index (χ0v) is 11.9. The first-order chi connectivity index (χ1) is 10.3. The Morgan fingerprint density at radius 2 is 1.86 bits per heavy atom. The lowest BCUT2D eigenvalue weighted by molar-refractivity contribution is 0.248. The third-order valence-corrected chi connectivity index (χ3v) is 3.82. The third kappa shape index (κ3) is 3.55. The molecule has 0 unspecified atom stereocenters. The highest BCUT2D eigenvalue weighted by Gasteiger charge is 2.18. The van der Waals surface area contributed by atoms with Gasteiger partial charge in [0, 0.05) is 39.3 Å². The minimum absolute atomic E-state index is 0.135. The molecule has 3 rings (SSSR count). The van der Waals surface area contributed by atoms with Crippen molar-refractivity contribution in [1.82, 2.24) is 25.1 Å². The highest BCUT2D eigenvalue weighted by Crippen LogP contribution is 2.20. The number of aromatic nitrogens is 4. The Bertz CT molecular complexity index is 550. The smallest absolute Gasteiger partial charge is 0.146 e. The van der Waals surface area contributed by atoms with Crippen LogP contribution in [-0.2, 0) is 6.54 Å². The van der Waals surface area contributed by atoms with Crippen LogP contribution >= 0.6 is 0 Å².